The van der Waals surface area contributed by atoms with Gasteiger partial charge >= 0.3 is 5.97 Å². The number of benzene rings is 2. The molecule has 0 saturated heterocycles. The number of β-amino-alcohol motifs (C(OH)–C–C–N with tert-alkyl or cyclic N) is 1. The molecule has 3 rings (SSSR count). The molecule has 6 heteroatoms. The van der Waals surface area contributed by atoms with E-state index in [1.807, 2.05) is 6.07 Å². The number of rotatable bonds is 12. The SMILES string of the molecule is CCOC(=O)CCc1cc(OC[C@@H](O)CNC(C)(C)CC2Cc3ccccc3C2)ccc1Cl. The lowest BCUT2D eigenvalue weighted by Crippen LogP contribution is -2.46. The lowest BCUT2D eigenvalue weighted by molar-refractivity contribution is -0.143. The van der Waals surface area contributed by atoms with Gasteiger partial charge in [0.15, 0.2) is 0 Å². The average molecular weight is 474 g/mol. The molecule has 1 atom stereocenters. The number of halogens is 1. The molecule has 0 spiro atoms. The van der Waals surface area contributed by atoms with Crippen molar-refractivity contribution in [3.05, 3.63) is 64.2 Å². The van der Waals surface area contributed by atoms with Crippen LogP contribution < -0.4 is 10.1 Å². The maximum atomic E-state index is 11.6. The number of carbonyl (C=O) groups excluding carboxylic acids is 1. The molecule has 0 aliphatic heterocycles. The lowest BCUT2D eigenvalue weighted by Gasteiger charge is -2.30. The van der Waals surface area contributed by atoms with Crippen LogP contribution in [0.5, 0.6) is 5.75 Å². The second-order valence-corrected chi connectivity index (χ2v) is 9.94. The third-order valence-corrected chi connectivity index (χ3v) is 6.48. The summed E-state index contributed by atoms with van der Waals surface area (Å²) in [6, 6.07) is 14.0. The summed E-state index contributed by atoms with van der Waals surface area (Å²) in [4.78, 5) is 11.6. The maximum Gasteiger partial charge on any atom is 0.306 e. The second-order valence-electron chi connectivity index (χ2n) is 9.53. The number of aryl methyl sites for hydroxylation is 1. The monoisotopic (exact) mass is 473 g/mol. The molecule has 0 heterocycles. The zero-order valence-corrected chi connectivity index (χ0v) is 20.7. The summed E-state index contributed by atoms with van der Waals surface area (Å²) in [6.07, 6.45) is 3.42. The zero-order valence-electron chi connectivity index (χ0n) is 19.9. The largest absolute Gasteiger partial charge is 0.491 e. The van der Waals surface area contributed by atoms with Crippen molar-refractivity contribution in [2.75, 3.05) is 19.8 Å². The summed E-state index contributed by atoms with van der Waals surface area (Å²) >= 11 is 6.25. The van der Waals surface area contributed by atoms with Crippen molar-refractivity contribution in [3.8, 4) is 5.75 Å². The van der Waals surface area contributed by atoms with E-state index in [1.54, 1.807) is 19.1 Å². The number of ether oxygens (including phenoxy) is 2. The number of aliphatic hydroxyl groups is 1. The molecule has 2 aromatic rings. The second kappa shape index (κ2) is 11.9. The highest BCUT2D eigenvalue weighted by atomic mass is 35.5. The summed E-state index contributed by atoms with van der Waals surface area (Å²) < 4.78 is 10.8. The van der Waals surface area contributed by atoms with Crippen molar-refractivity contribution in [1.29, 1.82) is 0 Å². The van der Waals surface area contributed by atoms with Gasteiger partial charge in [0.05, 0.1) is 6.61 Å². The first-order valence-corrected chi connectivity index (χ1v) is 12.2. The Bertz CT molecular complexity index is 905. The van der Waals surface area contributed by atoms with Gasteiger partial charge in [-0.25, -0.2) is 0 Å². The van der Waals surface area contributed by atoms with Crippen LogP contribution in [-0.4, -0.2) is 42.5 Å². The molecule has 33 heavy (non-hydrogen) atoms. The highest BCUT2D eigenvalue weighted by Gasteiger charge is 2.28. The Morgan fingerprint density at radius 2 is 1.91 bits per heavy atom. The highest BCUT2D eigenvalue weighted by molar-refractivity contribution is 6.31. The standard InChI is InChI=1S/C27H36ClNO4/c1-4-32-26(31)12-9-22-15-24(10-11-25(22)28)33-18-23(30)17-29-27(2,3)16-19-13-20-7-5-6-8-21(20)14-19/h5-8,10-11,15,19,23,29-30H,4,9,12-14,16-18H2,1-3H3/t23-/m0/s1. The van der Waals surface area contributed by atoms with Crippen molar-refractivity contribution < 1.29 is 19.4 Å². The number of hydrogen-bond donors (Lipinski definition) is 2. The van der Waals surface area contributed by atoms with Gasteiger partial charge in [-0.2, -0.15) is 0 Å². The van der Waals surface area contributed by atoms with Crippen molar-refractivity contribution in [2.45, 2.75) is 64.5 Å². The van der Waals surface area contributed by atoms with Gasteiger partial charge in [-0.3, -0.25) is 4.79 Å². The quantitative estimate of drug-likeness (QED) is 0.435. The first kappa shape index (κ1) is 25.5. The first-order chi connectivity index (χ1) is 15.8. The van der Waals surface area contributed by atoms with Gasteiger partial charge < -0.3 is 19.9 Å². The fraction of sp³-hybridized carbons (Fsp3) is 0.519. The Labute approximate surface area is 202 Å². The third-order valence-electron chi connectivity index (χ3n) is 6.11. The zero-order chi connectivity index (χ0) is 23.8. The van der Waals surface area contributed by atoms with Crippen LogP contribution in [0.4, 0.5) is 0 Å². The molecule has 0 amide bonds. The minimum absolute atomic E-state index is 0.0752. The number of aliphatic hydroxyl groups excluding tert-OH is 1. The first-order valence-electron chi connectivity index (χ1n) is 11.8. The van der Waals surface area contributed by atoms with Crippen LogP contribution >= 0.6 is 11.6 Å². The Hall–Kier alpha value is -2.08. The summed E-state index contributed by atoms with van der Waals surface area (Å²) in [5.74, 6) is 1.01. The number of nitrogens with one attached hydrogen (secondary N) is 1. The van der Waals surface area contributed by atoms with Crippen molar-refractivity contribution in [2.24, 2.45) is 5.92 Å². The molecule has 2 aromatic carbocycles. The van der Waals surface area contributed by atoms with Crippen LogP contribution in [0.3, 0.4) is 0 Å². The normalized spacial score (nSPS) is 14.7. The molecule has 0 aromatic heterocycles. The molecule has 1 aliphatic rings. The fourth-order valence-corrected chi connectivity index (χ4v) is 4.75. The molecule has 0 radical (unpaired) electrons. The number of esters is 1. The molecule has 0 bridgehead atoms. The summed E-state index contributed by atoms with van der Waals surface area (Å²) in [5, 5.41) is 14.6. The summed E-state index contributed by atoms with van der Waals surface area (Å²) in [7, 11) is 0. The molecule has 1 aliphatic carbocycles. The minimum Gasteiger partial charge on any atom is -0.491 e. The number of hydrogen-bond acceptors (Lipinski definition) is 5. The summed E-state index contributed by atoms with van der Waals surface area (Å²) in [6.45, 7) is 7.17. The number of carbonyl (C=O) groups is 1. The lowest BCUT2D eigenvalue weighted by atomic mass is 9.88. The van der Waals surface area contributed by atoms with Gasteiger partial charge in [0.1, 0.15) is 18.5 Å². The molecule has 0 unspecified atom stereocenters. The van der Waals surface area contributed by atoms with E-state index in [-0.39, 0.29) is 24.5 Å². The maximum absolute atomic E-state index is 11.6. The van der Waals surface area contributed by atoms with E-state index < -0.39 is 6.10 Å². The molecule has 5 nitrogen and oxygen atoms in total. The van der Waals surface area contributed by atoms with Crippen LogP contribution in [0, 0.1) is 5.92 Å². The molecule has 0 saturated carbocycles. The topological polar surface area (TPSA) is 67.8 Å². The van der Waals surface area contributed by atoms with Crippen LogP contribution in [0.25, 0.3) is 0 Å². The van der Waals surface area contributed by atoms with Gasteiger partial charge in [0.2, 0.25) is 0 Å². The molecule has 2 N–H and O–H groups in total. The molecular formula is C27H36ClNO4. The van der Waals surface area contributed by atoms with E-state index in [9.17, 15) is 9.90 Å². The van der Waals surface area contributed by atoms with Gasteiger partial charge in [-0.1, -0.05) is 35.9 Å². The Morgan fingerprint density at radius 3 is 2.58 bits per heavy atom. The highest BCUT2D eigenvalue weighted by Crippen LogP contribution is 2.32. The number of fused-ring (bicyclic) bond motifs is 1. The Kier molecular flexibility index (Phi) is 9.19. The van der Waals surface area contributed by atoms with E-state index in [0.29, 0.717) is 36.3 Å². The summed E-state index contributed by atoms with van der Waals surface area (Å²) in [5.41, 5.74) is 3.69. The van der Waals surface area contributed by atoms with E-state index in [2.05, 4.69) is 43.4 Å². The van der Waals surface area contributed by atoms with Crippen molar-refractivity contribution in [1.82, 2.24) is 5.32 Å². The van der Waals surface area contributed by atoms with Crippen molar-refractivity contribution >= 4 is 17.6 Å². The van der Waals surface area contributed by atoms with Crippen molar-refractivity contribution in [3.63, 3.8) is 0 Å². The van der Waals surface area contributed by atoms with Gasteiger partial charge in [0, 0.05) is 23.5 Å². The predicted molar refractivity (Wildman–Crippen MR) is 132 cm³/mol. The molecule has 0 fully saturated rings. The molecular weight excluding hydrogens is 438 g/mol. The Balaban J connectivity index is 1.42. The van der Waals surface area contributed by atoms with Gasteiger partial charge in [-0.15, -0.1) is 0 Å². The van der Waals surface area contributed by atoms with Gasteiger partial charge in [0.25, 0.3) is 0 Å². The van der Waals surface area contributed by atoms with E-state index in [0.717, 1.165) is 24.8 Å². The predicted octanol–water partition coefficient (Wildman–Crippen LogP) is 4.75. The molecule has 180 valence electrons. The van der Waals surface area contributed by atoms with Crippen LogP contribution in [0.1, 0.15) is 50.3 Å². The minimum atomic E-state index is -0.635. The van der Waals surface area contributed by atoms with Crippen LogP contribution in [0.15, 0.2) is 42.5 Å². The van der Waals surface area contributed by atoms with E-state index >= 15 is 0 Å². The smallest absolute Gasteiger partial charge is 0.306 e. The third kappa shape index (κ3) is 8.02. The van der Waals surface area contributed by atoms with E-state index in [4.69, 9.17) is 21.1 Å². The van der Waals surface area contributed by atoms with E-state index in [1.165, 1.54) is 11.1 Å². The Morgan fingerprint density at radius 1 is 1.21 bits per heavy atom. The average Bonchev–Trinajstić information content (AvgIpc) is 3.18. The fourth-order valence-electron chi connectivity index (χ4n) is 4.54. The van der Waals surface area contributed by atoms with Gasteiger partial charge in [-0.05, 0) is 87.3 Å². The van der Waals surface area contributed by atoms with Crippen LogP contribution in [0.2, 0.25) is 5.02 Å². The van der Waals surface area contributed by atoms with Crippen LogP contribution in [-0.2, 0) is 28.8 Å².